The summed E-state index contributed by atoms with van der Waals surface area (Å²) >= 11 is 0. The Labute approximate surface area is 299 Å². The third kappa shape index (κ3) is 6.64. The van der Waals surface area contributed by atoms with Crippen LogP contribution in [0.25, 0.3) is 50.9 Å². The van der Waals surface area contributed by atoms with Crippen LogP contribution in [-0.2, 0) is 0 Å². The Kier molecular flexibility index (Phi) is 8.88. The molecule has 0 saturated heterocycles. The van der Waals surface area contributed by atoms with Crippen molar-refractivity contribution in [3.63, 3.8) is 0 Å². The molecule has 8 rings (SSSR count). The number of allylic oxidation sites excluding steroid dienone is 3. The fraction of sp³-hybridized carbons (Fsp3) is 0.0851. The summed E-state index contributed by atoms with van der Waals surface area (Å²) in [5, 5.41) is 1.15. The van der Waals surface area contributed by atoms with Crippen molar-refractivity contribution < 1.29 is 0 Å². The van der Waals surface area contributed by atoms with E-state index in [1.165, 1.54) is 22.3 Å². The molecule has 0 fully saturated rings. The van der Waals surface area contributed by atoms with Gasteiger partial charge in [0.1, 0.15) is 0 Å². The second kappa shape index (κ2) is 14.2. The largest absolute Gasteiger partial charge is 0.334 e. The Balaban J connectivity index is 1.09. The normalized spacial score (nSPS) is 16.5. The van der Waals surface area contributed by atoms with Crippen molar-refractivity contribution in [2.45, 2.75) is 24.9 Å². The number of fused-ring (bicyclic) bond motifs is 1. The molecule has 2 aromatic heterocycles. The molecule has 6 aromatic rings. The number of rotatable bonds is 9. The average Bonchev–Trinajstić information content (AvgIpc) is 3.21. The van der Waals surface area contributed by atoms with Gasteiger partial charge in [-0.15, -0.1) is 0 Å². The second-order valence-electron chi connectivity index (χ2n) is 12.9. The molecule has 4 heteroatoms. The summed E-state index contributed by atoms with van der Waals surface area (Å²) in [7, 11) is 0. The number of dihydropyridines is 1. The minimum absolute atomic E-state index is 0.129. The van der Waals surface area contributed by atoms with Gasteiger partial charge in [-0.05, 0) is 95.3 Å². The molecule has 1 aliphatic carbocycles. The van der Waals surface area contributed by atoms with Crippen molar-refractivity contribution in [2.24, 2.45) is 4.99 Å². The monoisotopic (exact) mass is 658 g/mol. The highest BCUT2D eigenvalue weighted by Gasteiger charge is 2.21. The van der Waals surface area contributed by atoms with E-state index >= 15 is 0 Å². The molecule has 51 heavy (non-hydrogen) atoms. The summed E-state index contributed by atoms with van der Waals surface area (Å²) in [5.74, 6) is 0. The van der Waals surface area contributed by atoms with Gasteiger partial charge in [-0.2, -0.15) is 0 Å². The Morgan fingerprint density at radius 1 is 0.667 bits per heavy atom. The Morgan fingerprint density at radius 3 is 2.00 bits per heavy atom. The number of hydrogen-bond acceptors (Lipinski definition) is 4. The third-order valence-electron chi connectivity index (χ3n) is 9.80. The Morgan fingerprint density at radius 2 is 1.35 bits per heavy atom. The SMILES string of the molecule is C=Cc1cc(-c2ccc(N(c3ccc(-c4ccc(C5CC=CC=N5)cc4)cc3)C3C=CC(c4cnc5ccccc5c4)=CC3)cc2)cnc1C=C. The summed E-state index contributed by atoms with van der Waals surface area (Å²) in [4.78, 5) is 16.4. The van der Waals surface area contributed by atoms with Gasteiger partial charge in [-0.1, -0.05) is 110 Å². The van der Waals surface area contributed by atoms with E-state index in [2.05, 4.69) is 155 Å². The lowest BCUT2D eigenvalue weighted by Crippen LogP contribution is -2.30. The molecule has 0 N–H and O–H groups in total. The van der Waals surface area contributed by atoms with Gasteiger partial charge >= 0.3 is 0 Å². The lowest BCUT2D eigenvalue weighted by Gasteiger charge is -2.33. The van der Waals surface area contributed by atoms with Crippen LogP contribution in [0.4, 0.5) is 11.4 Å². The molecule has 1 aliphatic heterocycles. The van der Waals surface area contributed by atoms with Crippen molar-refractivity contribution in [1.82, 2.24) is 9.97 Å². The summed E-state index contributed by atoms with van der Waals surface area (Å²) in [6.07, 6.45) is 22.3. The van der Waals surface area contributed by atoms with Gasteiger partial charge in [-0.3, -0.25) is 15.0 Å². The van der Waals surface area contributed by atoms with Crippen LogP contribution in [0.15, 0.2) is 170 Å². The van der Waals surface area contributed by atoms with E-state index < -0.39 is 0 Å². The van der Waals surface area contributed by atoms with E-state index in [0.29, 0.717) is 0 Å². The number of pyridine rings is 2. The maximum absolute atomic E-state index is 4.71. The Hall–Kier alpha value is -6.39. The molecule has 0 saturated carbocycles. The van der Waals surface area contributed by atoms with Crippen molar-refractivity contribution in [1.29, 1.82) is 0 Å². The van der Waals surface area contributed by atoms with Crippen LogP contribution in [0, 0.1) is 0 Å². The van der Waals surface area contributed by atoms with E-state index in [1.807, 2.05) is 36.8 Å². The highest BCUT2D eigenvalue weighted by atomic mass is 15.2. The second-order valence-corrected chi connectivity index (χ2v) is 12.9. The Bertz CT molecular complexity index is 2340. The van der Waals surface area contributed by atoms with Gasteiger partial charge in [0.15, 0.2) is 0 Å². The first kappa shape index (κ1) is 31.9. The maximum atomic E-state index is 4.71. The van der Waals surface area contributed by atoms with E-state index in [4.69, 9.17) is 4.98 Å². The van der Waals surface area contributed by atoms with Crippen molar-refractivity contribution >= 4 is 46.2 Å². The van der Waals surface area contributed by atoms with E-state index in [-0.39, 0.29) is 12.1 Å². The summed E-state index contributed by atoms with van der Waals surface area (Å²) < 4.78 is 0. The van der Waals surface area contributed by atoms with Crippen molar-refractivity contribution in [2.75, 3.05) is 4.90 Å². The van der Waals surface area contributed by atoms with Crippen LogP contribution in [-0.4, -0.2) is 22.2 Å². The third-order valence-corrected chi connectivity index (χ3v) is 9.80. The van der Waals surface area contributed by atoms with Crippen molar-refractivity contribution in [3.8, 4) is 22.3 Å². The highest BCUT2D eigenvalue weighted by molar-refractivity contribution is 5.85. The number of aromatic nitrogens is 2. The van der Waals surface area contributed by atoms with E-state index in [1.54, 1.807) is 6.08 Å². The van der Waals surface area contributed by atoms with Crippen LogP contribution in [0.3, 0.4) is 0 Å². The highest BCUT2D eigenvalue weighted by Crippen LogP contribution is 2.36. The van der Waals surface area contributed by atoms with Gasteiger partial charge in [0, 0.05) is 52.1 Å². The predicted octanol–water partition coefficient (Wildman–Crippen LogP) is 11.9. The predicted molar refractivity (Wildman–Crippen MR) is 216 cm³/mol. The van der Waals surface area contributed by atoms with Gasteiger partial charge in [0.25, 0.3) is 0 Å². The van der Waals surface area contributed by atoms with Gasteiger partial charge < -0.3 is 4.90 Å². The molecular weight excluding hydrogens is 621 g/mol. The minimum Gasteiger partial charge on any atom is -0.334 e. The first-order chi connectivity index (χ1) is 25.2. The topological polar surface area (TPSA) is 41.4 Å². The molecule has 0 spiro atoms. The van der Waals surface area contributed by atoms with Gasteiger partial charge in [-0.25, -0.2) is 0 Å². The van der Waals surface area contributed by atoms with Gasteiger partial charge in [0.05, 0.1) is 23.3 Å². The zero-order chi connectivity index (χ0) is 34.6. The fourth-order valence-electron chi connectivity index (χ4n) is 6.99. The zero-order valence-corrected chi connectivity index (χ0v) is 28.4. The quantitative estimate of drug-likeness (QED) is 0.155. The molecule has 0 bridgehead atoms. The lowest BCUT2D eigenvalue weighted by molar-refractivity contribution is 0.741. The van der Waals surface area contributed by atoms with E-state index in [0.717, 1.165) is 63.1 Å². The zero-order valence-electron chi connectivity index (χ0n) is 28.4. The minimum atomic E-state index is 0.129. The van der Waals surface area contributed by atoms with Crippen LogP contribution in [0.5, 0.6) is 0 Å². The number of hydrogen-bond donors (Lipinski definition) is 0. The van der Waals surface area contributed by atoms with Crippen molar-refractivity contribution in [3.05, 3.63) is 188 Å². The van der Waals surface area contributed by atoms with Crippen LogP contribution in [0.1, 0.15) is 41.3 Å². The maximum Gasteiger partial charge on any atom is 0.0783 e. The molecule has 4 aromatic carbocycles. The summed E-state index contributed by atoms with van der Waals surface area (Å²) in [6, 6.07) is 39.5. The number of anilines is 2. The van der Waals surface area contributed by atoms with Crippen LogP contribution in [0.2, 0.25) is 0 Å². The number of nitrogens with zero attached hydrogens (tertiary/aromatic N) is 4. The molecule has 4 nitrogen and oxygen atoms in total. The first-order valence-electron chi connectivity index (χ1n) is 17.4. The fourth-order valence-corrected chi connectivity index (χ4v) is 6.99. The van der Waals surface area contributed by atoms with Gasteiger partial charge in [0.2, 0.25) is 0 Å². The molecule has 3 heterocycles. The molecule has 246 valence electrons. The summed E-state index contributed by atoms with van der Waals surface area (Å²) in [6.45, 7) is 7.86. The summed E-state index contributed by atoms with van der Waals surface area (Å²) in [5.41, 5.74) is 13.2. The standard InChI is InChI=1S/C47H38N4/c1-3-33-29-40(31-49-45(33)4-2)36-18-24-43(25-19-36)51(44-26-20-37(21-27-44)41-30-39-9-5-6-10-47(39)50-32-41)42-22-16-35(17-23-42)34-12-14-38(15-13-34)46-11-7-8-28-48-46/h3-10,12-26,28-32,44,46H,1-2,11,27H2. The number of para-hydroxylation sites is 1. The molecular formula is C47H38N4. The molecule has 2 atom stereocenters. The molecule has 0 amide bonds. The lowest BCUT2D eigenvalue weighted by atomic mass is 9.95. The average molecular weight is 659 g/mol. The first-order valence-corrected chi connectivity index (χ1v) is 17.4. The molecule has 0 radical (unpaired) electrons. The smallest absolute Gasteiger partial charge is 0.0783 e. The van der Waals surface area contributed by atoms with Crippen LogP contribution >= 0.6 is 0 Å². The molecule has 2 aliphatic rings. The number of aliphatic imine (C=N–C) groups is 1. The van der Waals surface area contributed by atoms with Crippen LogP contribution < -0.4 is 4.90 Å². The number of benzene rings is 4. The molecule has 2 unspecified atom stereocenters. The van der Waals surface area contributed by atoms with E-state index in [9.17, 15) is 0 Å².